The molecule has 0 radical (unpaired) electrons. The molecular weight excluding hydrogens is 396 g/mol. The molecule has 2 fully saturated rings. The molecule has 2 heterocycles. The molecular formula is C19H28N4O5S. The Morgan fingerprint density at radius 2 is 1.76 bits per heavy atom. The summed E-state index contributed by atoms with van der Waals surface area (Å²) in [6, 6.07) is 4.16. The molecule has 0 spiro atoms. The normalized spacial score (nSPS) is 19.9. The zero-order valence-electron chi connectivity index (χ0n) is 16.8. The molecule has 1 aromatic carbocycles. The van der Waals surface area contributed by atoms with E-state index in [-0.39, 0.29) is 22.4 Å². The Bertz CT molecular complexity index is 873. The lowest BCUT2D eigenvalue weighted by molar-refractivity contribution is -0.384. The molecule has 0 saturated carbocycles. The zero-order chi connectivity index (χ0) is 21.2. The summed E-state index contributed by atoms with van der Waals surface area (Å²) in [7, 11) is -2.16. The van der Waals surface area contributed by atoms with Crippen molar-refractivity contribution in [3.63, 3.8) is 0 Å². The summed E-state index contributed by atoms with van der Waals surface area (Å²) in [5.74, 6) is 0.365. The summed E-state index contributed by atoms with van der Waals surface area (Å²) in [6.45, 7) is 3.99. The summed E-state index contributed by atoms with van der Waals surface area (Å²) in [6.07, 6.45) is 2.78. The lowest BCUT2D eigenvalue weighted by Crippen LogP contribution is -2.40. The lowest BCUT2D eigenvalue weighted by Gasteiger charge is -2.33. The first-order valence-corrected chi connectivity index (χ1v) is 11.4. The van der Waals surface area contributed by atoms with Crippen molar-refractivity contribution in [3.05, 3.63) is 28.3 Å². The first-order chi connectivity index (χ1) is 13.7. The average Bonchev–Trinajstić information content (AvgIpc) is 2.73. The van der Waals surface area contributed by atoms with Gasteiger partial charge in [-0.3, -0.25) is 14.9 Å². The molecule has 1 aromatic rings. The van der Waals surface area contributed by atoms with Crippen LogP contribution in [0, 0.1) is 22.0 Å². The molecule has 1 N–H and O–H groups in total. The summed E-state index contributed by atoms with van der Waals surface area (Å²) < 4.78 is 27.3. The van der Waals surface area contributed by atoms with Crippen LogP contribution in [0.15, 0.2) is 23.1 Å². The highest BCUT2D eigenvalue weighted by Crippen LogP contribution is 2.35. The zero-order valence-corrected chi connectivity index (χ0v) is 17.7. The van der Waals surface area contributed by atoms with E-state index in [0.29, 0.717) is 50.6 Å². The van der Waals surface area contributed by atoms with E-state index >= 15 is 0 Å². The van der Waals surface area contributed by atoms with Crippen molar-refractivity contribution in [1.29, 1.82) is 0 Å². The van der Waals surface area contributed by atoms with Crippen molar-refractivity contribution in [3.8, 4) is 0 Å². The third-order valence-corrected chi connectivity index (χ3v) is 7.87. The Hall–Kier alpha value is -2.20. The Morgan fingerprint density at radius 3 is 2.31 bits per heavy atom. The number of rotatable bonds is 5. The molecule has 2 aliphatic rings. The summed E-state index contributed by atoms with van der Waals surface area (Å²) in [5.41, 5.74) is 0.186. The van der Waals surface area contributed by atoms with E-state index in [1.165, 1.54) is 22.5 Å². The fraction of sp³-hybridized carbons (Fsp3) is 0.632. The highest BCUT2D eigenvalue weighted by atomic mass is 32.2. The molecule has 2 saturated heterocycles. The molecule has 0 aromatic heterocycles. The van der Waals surface area contributed by atoms with Gasteiger partial charge in [0.1, 0.15) is 5.69 Å². The number of sulfonamides is 1. The molecule has 3 rings (SSSR count). The molecule has 2 aliphatic heterocycles. The third kappa shape index (κ3) is 4.53. The largest absolute Gasteiger partial charge is 0.366 e. The summed E-state index contributed by atoms with van der Waals surface area (Å²) >= 11 is 0. The Labute approximate surface area is 171 Å². The maximum absolute atomic E-state index is 13.0. The van der Waals surface area contributed by atoms with Crippen molar-refractivity contribution in [2.45, 2.75) is 37.5 Å². The van der Waals surface area contributed by atoms with E-state index in [1.807, 2.05) is 4.90 Å². The molecule has 0 bridgehead atoms. The van der Waals surface area contributed by atoms with Crippen LogP contribution in [-0.2, 0) is 14.8 Å². The van der Waals surface area contributed by atoms with Gasteiger partial charge >= 0.3 is 0 Å². The Balaban J connectivity index is 1.83. The molecule has 10 heteroatoms. The van der Waals surface area contributed by atoms with E-state index < -0.39 is 14.9 Å². The highest BCUT2D eigenvalue weighted by molar-refractivity contribution is 7.89. The molecule has 0 aliphatic carbocycles. The van der Waals surface area contributed by atoms with E-state index in [0.717, 1.165) is 12.8 Å². The van der Waals surface area contributed by atoms with Crippen molar-refractivity contribution < 1.29 is 18.1 Å². The van der Waals surface area contributed by atoms with Crippen LogP contribution in [0.4, 0.5) is 11.4 Å². The maximum atomic E-state index is 13.0. The number of nitro groups is 1. The number of carbonyl (C=O) groups excluding carboxylic acids is 1. The van der Waals surface area contributed by atoms with Crippen LogP contribution >= 0.6 is 0 Å². The number of amides is 1. The fourth-order valence-corrected chi connectivity index (χ4v) is 5.53. The van der Waals surface area contributed by atoms with Crippen LogP contribution in [0.25, 0.3) is 0 Å². The number of benzene rings is 1. The summed E-state index contributed by atoms with van der Waals surface area (Å²) in [4.78, 5) is 24.8. The standard InChI is InChI=1S/C19H28N4O5S/c1-14-5-11-22(12-6-14)29(27,28)16-3-4-17(18(13-16)23(25)26)21-9-7-15(8-10-21)19(24)20-2/h3-4,13-15H,5-12H2,1-2H3,(H,20,24). The van der Waals surface area contributed by atoms with Gasteiger partial charge in [0.25, 0.3) is 5.69 Å². The monoisotopic (exact) mass is 424 g/mol. The first-order valence-electron chi connectivity index (χ1n) is 9.99. The van der Waals surface area contributed by atoms with Crippen LogP contribution in [-0.4, -0.2) is 56.8 Å². The lowest BCUT2D eigenvalue weighted by atomic mass is 9.95. The van der Waals surface area contributed by atoms with E-state index in [1.54, 1.807) is 7.05 Å². The van der Waals surface area contributed by atoms with Crippen molar-refractivity contribution in [2.24, 2.45) is 11.8 Å². The second kappa shape index (κ2) is 8.66. The van der Waals surface area contributed by atoms with Gasteiger partial charge in [0.05, 0.1) is 9.82 Å². The van der Waals surface area contributed by atoms with Gasteiger partial charge in [-0.05, 0) is 43.7 Å². The van der Waals surface area contributed by atoms with Gasteiger partial charge in [0.2, 0.25) is 15.9 Å². The molecule has 0 atom stereocenters. The summed E-state index contributed by atoms with van der Waals surface area (Å²) in [5, 5.41) is 14.3. The minimum atomic E-state index is -3.75. The average molecular weight is 425 g/mol. The number of hydrogen-bond donors (Lipinski definition) is 1. The van der Waals surface area contributed by atoms with Gasteiger partial charge in [-0.25, -0.2) is 8.42 Å². The number of nitro benzene ring substituents is 1. The predicted octanol–water partition coefficient (Wildman–Crippen LogP) is 1.98. The molecule has 0 unspecified atom stereocenters. The van der Waals surface area contributed by atoms with Crippen molar-refractivity contribution >= 4 is 27.3 Å². The fourth-order valence-electron chi connectivity index (χ4n) is 4.04. The SMILES string of the molecule is CNC(=O)C1CCN(c2ccc(S(=O)(=O)N3CCC(C)CC3)cc2[N+](=O)[O-])CC1. The predicted molar refractivity (Wildman–Crippen MR) is 109 cm³/mol. The van der Waals surface area contributed by atoms with E-state index in [2.05, 4.69) is 12.2 Å². The number of hydrogen-bond acceptors (Lipinski definition) is 6. The smallest absolute Gasteiger partial charge is 0.293 e. The molecule has 9 nitrogen and oxygen atoms in total. The molecule has 160 valence electrons. The molecule has 29 heavy (non-hydrogen) atoms. The van der Waals surface area contributed by atoms with Crippen LogP contribution in [0.5, 0.6) is 0 Å². The first kappa shape index (κ1) is 21.5. The maximum Gasteiger partial charge on any atom is 0.293 e. The second-order valence-electron chi connectivity index (χ2n) is 7.87. The number of anilines is 1. The third-order valence-electron chi connectivity index (χ3n) is 5.98. The van der Waals surface area contributed by atoms with Gasteiger partial charge in [-0.1, -0.05) is 6.92 Å². The van der Waals surface area contributed by atoms with Crippen molar-refractivity contribution in [1.82, 2.24) is 9.62 Å². The van der Waals surface area contributed by atoms with Gasteiger partial charge < -0.3 is 10.2 Å². The number of carbonyl (C=O) groups is 1. The minimum Gasteiger partial charge on any atom is -0.366 e. The topological polar surface area (TPSA) is 113 Å². The van der Waals surface area contributed by atoms with E-state index in [9.17, 15) is 23.3 Å². The molecule has 1 amide bonds. The Morgan fingerprint density at radius 1 is 1.14 bits per heavy atom. The minimum absolute atomic E-state index is 0.0172. The number of piperidine rings is 2. The van der Waals surface area contributed by atoms with Crippen LogP contribution in [0.3, 0.4) is 0 Å². The van der Waals surface area contributed by atoms with Crippen LogP contribution < -0.4 is 10.2 Å². The number of nitrogens with one attached hydrogen (secondary N) is 1. The number of nitrogens with zero attached hydrogens (tertiary/aromatic N) is 3. The van der Waals surface area contributed by atoms with E-state index in [4.69, 9.17) is 0 Å². The van der Waals surface area contributed by atoms with Gasteiger partial charge in [-0.15, -0.1) is 0 Å². The van der Waals surface area contributed by atoms with Crippen LogP contribution in [0.2, 0.25) is 0 Å². The van der Waals surface area contributed by atoms with Gasteiger partial charge in [0.15, 0.2) is 0 Å². The van der Waals surface area contributed by atoms with Crippen LogP contribution in [0.1, 0.15) is 32.6 Å². The van der Waals surface area contributed by atoms with Gasteiger partial charge in [0, 0.05) is 45.2 Å². The highest BCUT2D eigenvalue weighted by Gasteiger charge is 2.32. The van der Waals surface area contributed by atoms with Crippen molar-refractivity contribution in [2.75, 3.05) is 38.1 Å². The quantitative estimate of drug-likeness (QED) is 0.571. The van der Waals surface area contributed by atoms with Gasteiger partial charge in [-0.2, -0.15) is 4.31 Å². The Kier molecular flexibility index (Phi) is 6.42. The second-order valence-corrected chi connectivity index (χ2v) is 9.81.